The van der Waals surface area contributed by atoms with E-state index in [9.17, 15) is 17.6 Å². The third-order valence-electron chi connectivity index (χ3n) is 3.47. The fourth-order valence-corrected chi connectivity index (χ4v) is 2.47. The van der Waals surface area contributed by atoms with E-state index in [1.54, 1.807) is 31.0 Å². The molecular formula is C15H12ClF4N5. The van der Waals surface area contributed by atoms with Crippen molar-refractivity contribution in [2.45, 2.75) is 19.6 Å². The monoisotopic (exact) mass is 373 g/mol. The molecule has 0 fully saturated rings. The van der Waals surface area contributed by atoms with Crippen LogP contribution in [0, 0.1) is 12.7 Å². The Balaban J connectivity index is 2.01. The van der Waals surface area contributed by atoms with Crippen LogP contribution in [0.3, 0.4) is 0 Å². The van der Waals surface area contributed by atoms with Gasteiger partial charge in [-0.25, -0.2) is 9.37 Å². The van der Waals surface area contributed by atoms with Gasteiger partial charge in [0.15, 0.2) is 0 Å². The lowest BCUT2D eigenvalue weighted by Crippen LogP contribution is -2.20. The normalized spacial score (nSPS) is 12.0. The third kappa shape index (κ3) is 3.51. The van der Waals surface area contributed by atoms with E-state index in [0.717, 1.165) is 4.52 Å². The lowest BCUT2D eigenvalue weighted by molar-refractivity contribution is -0.144. The fourth-order valence-electron chi connectivity index (χ4n) is 2.35. The van der Waals surface area contributed by atoms with E-state index in [1.165, 1.54) is 12.1 Å². The Kier molecular flexibility index (Phi) is 4.28. The average molecular weight is 374 g/mol. The number of hydrogen-bond donors (Lipinski definition) is 0. The second-order valence-electron chi connectivity index (χ2n) is 5.51. The molecule has 3 aromatic rings. The summed E-state index contributed by atoms with van der Waals surface area (Å²) in [6, 6.07) is 5.90. The Bertz CT molecular complexity index is 938. The van der Waals surface area contributed by atoms with E-state index in [-0.39, 0.29) is 17.3 Å². The van der Waals surface area contributed by atoms with Gasteiger partial charge in [-0.3, -0.25) is 0 Å². The summed E-state index contributed by atoms with van der Waals surface area (Å²) in [4.78, 5) is 9.03. The maximum Gasteiger partial charge on any atom is 0.453 e. The third-order valence-corrected chi connectivity index (χ3v) is 3.78. The maximum absolute atomic E-state index is 13.6. The zero-order valence-electron chi connectivity index (χ0n) is 13.1. The zero-order valence-corrected chi connectivity index (χ0v) is 13.9. The van der Waals surface area contributed by atoms with Gasteiger partial charge in [0.05, 0.1) is 5.02 Å². The summed E-state index contributed by atoms with van der Waals surface area (Å²) in [5.41, 5.74) is 1.08. The number of hydrogen-bond acceptors (Lipinski definition) is 4. The average Bonchev–Trinajstić information content (AvgIpc) is 2.94. The van der Waals surface area contributed by atoms with Gasteiger partial charge in [0, 0.05) is 25.4 Å². The molecular weight excluding hydrogens is 362 g/mol. The fraction of sp³-hybridized carbons (Fsp3) is 0.267. The number of nitrogens with zero attached hydrogens (tertiary/aromatic N) is 5. The second kappa shape index (κ2) is 6.14. The standard InChI is InChI=1S/C15H12ClF4N5/c1-8-5-12(24(2)7-9-3-4-10(16)11(17)6-9)25-14(21-8)22-13(23-25)15(18,19)20/h3-6H,7H2,1-2H3. The van der Waals surface area contributed by atoms with Crippen LogP contribution in [0.25, 0.3) is 5.78 Å². The van der Waals surface area contributed by atoms with Crippen molar-refractivity contribution >= 4 is 23.2 Å². The molecule has 0 N–H and O–H groups in total. The minimum Gasteiger partial charge on any atom is -0.355 e. The van der Waals surface area contributed by atoms with Crippen molar-refractivity contribution in [3.05, 3.63) is 52.2 Å². The van der Waals surface area contributed by atoms with Gasteiger partial charge >= 0.3 is 6.18 Å². The van der Waals surface area contributed by atoms with Gasteiger partial charge in [-0.05, 0) is 24.6 Å². The van der Waals surface area contributed by atoms with Gasteiger partial charge in [-0.1, -0.05) is 17.7 Å². The molecule has 10 heteroatoms. The van der Waals surface area contributed by atoms with E-state index in [2.05, 4.69) is 15.1 Å². The number of rotatable bonds is 3. The molecule has 2 heterocycles. The van der Waals surface area contributed by atoms with Crippen LogP contribution in [0.2, 0.25) is 5.02 Å². The smallest absolute Gasteiger partial charge is 0.355 e. The number of halogens is 5. The highest BCUT2D eigenvalue weighted by molar-refractivity contribution is 6.30. The second-order valence-corrected chi connectivity index (χ2v) is 5.91. The van der Waals surface area contributed by atoms with E-state index in [4.69, 9.17) is 11.6 Å². The largest absolute Gasteiger partial charge is 0.453 e. The highest BCUT2D eigenvalue weighted by Crippen LogP contribution is 2.28. The predicted molar refractivity (Wildman–Crippen MR) is 84.0 cm³/mol. The summed E-state index contributed by atoms with van der Waals surface area (Å²) in [7, 11) is 1.65. The Morgan fingerprint density at radius 2 is 1.92 bits per heavy atom. The van der Waals surface area contributed by atoms with Gasteiger partial charge in [0.2, 0.25) is 0 Å². The van der Waals surface area contributed by atoms with Crippen molar-refractivity contribution in [2.24, 2.45) is 0 Å². The zero-order chi connectivity index (χ0) is 18.4. The Hall–Kier alpha value is -2.42. The Morgan fingerprint density at radius 3 is 2.56 bits per heavy atom. The highest BCUT2D eigenvalue weighted by Gasteiger charge is 2.37. The summed E-state index contributed by atoms with van der Waals surface area (Å²) in [6.45, 7) is 1.87. The lowest BCUT2D eigenvalue weighted by Gasteiger charge is -2.20. The maximum atomic E-state index is 13.6. The van der Waals surface area contributed by atoms with Crippen LogP contribution < -0.4 is 4.90 Å². The molecule has 0 saturated heterocycles. The minimum atomic E-state index is -4.67. The van der Waals surface area contributed by atoms with E-state index in [0.29, 0.717) is 17.1 Å². The Labute approximate surface area is 144 Å². The van der Waals surface area contributed by atoms with Gasteiger partial charge in [-0.2, -0.15) is 22.7 Å². The summed E-state index contributed by atoms with van der Waals surface area (Å²) >= 11 is 5.65. The number of fused-ring (bicyclic) bond motifs is 1. The van der Waals surface area contributed by atoms with Crippen LogP contribution in [0.4, 0.5) is 23.4 Å². The molecule has 0 unspecified atom stereocenters. The molecule has 0 amide bonds. The first kappa shape index (κ1) is 17.4. The molecule has 132 valence electrons. The molecule has 0 atom stereocenters. The molecule has 0 aliphatic carbocycles. The van der Waals surface area contributed by atoms with Gasteiger partial charge in [0.25, 0.3) is 11.6 Å². The van der Waals surface area contributed by atoms with E-state index < -0.39 is 17.8 Å². The molecule has 0 bridgehead atoms. The first-order chi connectivity index (χ1) is 11.6. The molecule has 0 spiro atoms. The first-order valence-electron chi connectivity index (χ1n) is 7.12. The predicted octanol–water partition coefficient (Wildman–Crippen LogP) is 3.88. The van der Waals surface area contributed by atoms with E-state index >= 15 is 0 Å². The quantitative estimate of drug-likeness (QED) is 0.654. The van der Waals surface area contributed by atoms with Gasteiger partial charge < -0.3 is 4.90 Å². The number of anilines is 1. The van der Waals surface area contributed by atoms with E-state index in [1.807, 2.05) is 0 Å². The van der Waals surface area contributed by atoms with Crippen molar-refractivity contribution in [1.29, 1.82) is 0 Å². The van der Waals surface area contributed by atoms with Crippen molar-refractivity contribution < 1.29 is 17.6 Å². The summed E-state index contributed by atoms with van der Waals surface area (Å²) in [5, 5.41) is 3.50. The molecule has 5 nitrogen and oxygen atoms in total. The SMILES string of the molecule is Cc1cc(N(C)Cc2ccc(Cl)c(F)c2)n2nc(C(F)(F)F)nc2n1. The topological polar surface area (TPSA) is 46.3 Å². The molecule has 0 aliphatic heterocycles. The number of aryl methyl sites for hydroxylation is 1. The van der Waals surface area contributed by atoms with Gasteiger partial charge in [0.1, 0.15) is 11.6 Å². The number of aromatic nitrogens is 4. The van der Waals surface area contributed by atoms with Crippen LogP contribution >= 0.6 is 11.6 Å². The highest BCUT2D eigenvalue weighted by atomic mass is 35.5. The molecule has 1 aromatic carbocycles. The molecule has 25 heavy (non-hydrogen) atoms. The van der Waals surface area contributed by atoms with Crippen molar-refractivity contribution in [3.8, 4) is 0 Å². The number of benzene rings is 1. The van der Waals surface area contributed by atoms with Crippen molar-refractivity contribution in [1.82, 2.24) is 19.6 Å². The van der Waals surface area contributed by atoms with Gasteiger partial charge in [-0.15, -0.1) is 5.10 Å². The summed E-state index contributed by atoms with van der Waals surface area (Å²) in [6.07, 6.45) is -4.67. The van der Waals surface area contributed by atoms with Crippen LogP contribution in [0.15, 0.2) is 24.3 Å². The van der Waals surface area contributed by atoms with Crippen LogP contribution in [0.5, 0.6) is 0 Å². The Morgan fingerprint density at radius 1 is 1.20 bits per heavy atom. The lowest BCUT2D eigenvalue weighted by atomic mass is 10.2. The minimum absolute atomic E-state index is 0.000329. The van der Waals surface area contributed by atoms with Crippen LogP contribution in [-0.2, 0) is 12.7 Å². The first-order valence-corrected chi connectivity index (χ1v) is 7.49. The molecule has 3 rings (SSSR count). The molecule has 0 aliphatic rings. The van der Waals surface area contributed by atoms with Crippen molar-refractivity contribution in [3.63, 3.8) is 0 Å². The molecule has 2 aromatic heterocycles. The van der Waals surface area contributed by atoms with Crippen LogP contribution in [-0.4, -0.2) is 26.6 Å². The van der Waals surface area contributed by atoms with Crippen molar-refractivity contribution in [2.75, 3.05) is 11.9 Å². The summed E-state index contributed by atoms with van der Waals surface area (Å²) in [5.74, 6) is -1.64. The molecule has 0 radical (unpaired) electrons. The number of alkyl halides is 3. The van der Waals surface area contributed by atoms with Crippen LogP contribution in [0.1, 0.15) is 17.1 Å². The molecule has 0 saturated carbocycles. The summed E-state index contributed by atoms with van der Waals surface area (Å²) < 4.78 is 53.2.